The number of sulfonamides is 1. The first-order chi connectivity index (χ1) is 14.6. The zero-order chi connectivity index (χ0) is 23.2. The Morgan fingerprint density at radius 1 is 1.03 bits per heavy atom. The van der Waals surface area contributed by atoms with E-state index in [1.807, 2.05) is 32.0 Å². The molecular formula is C22H30N2O6S. The summed E-state index contributed by atoms with van der Waals surface area (Å²) in [5, 5.41) is 2.93. The molecular weight excluding hydrogens is 420 g/mol. The van der Waals surface area contributed by atoms with Crippen molar-refractivity contribution >= 4 is 21.6 Å². The smallest absolute Gasteiger partial charge is 0.241 e. The molecule has 0 radical (unpaired) electrons. The van der Waals surface area contributed by atoms with E-state index in [2.05, 4.69) is 5.32 Å². The van der Waals surface area contributed by atoms with Gasteiger partial charge in [0.1, 0.15) is 23.8 Å². The van der Waals surface area contributed by atoms with Crippen LogP contribution in [-0.2, 0) is 14.8 Å². The second kappa shape index (κ2) is 10.4. The number of ether oxygens (including phenoxy) is 3. The molecule has 2 aromatic carbocycles. The number of hydrogen-bond acceptors (Lipinski definition) is 6. The van der Waals surface area contributed by atoms with Crippen molar-refractivity contribution in [3.05, 3.63) is 47.5 Å². The fourth-order valence-corrected chi connectivity index (χ4v) is 4.14. The summed E-state index contributed by atoms with van der Waals surface area (Å²) in [6, 6.07) is 10.2. The van der Waals surface area contributed by atoms with Crippen molar-refractivity contribution < 1.29 is 27.4 Å². The summed E-state index contributed by atoms with van der Waals surface area (Å²) in [6.07, 6.45) is 1.69. The Labute approximate surface area is 184 Å². The number of anilines is 1. The maximum atomic E-state index is 12.8. The predicted octanol–water partition coefficient (Wildman–Crippen LogP) is 3.05. The molecule has 0 aliphatic carbocycles. The fourth-order valence-electron chi connectivity index (χ4n) is 3.28. The van der Waals surface area contributed by atoms with E-state index in [4.69, 9.17) is 14.2 Å². The SMILES string of the molecule is CC[C@H](NC(=O)CN(c1ccc(OC)cc1OC)S(C)(=O)=O)c1ccc(OC)c(C)c1. The number of aryl methyl sites for hydroxylation is 1. The first-order valence-electron chi connectivity index (χ1n) is 9.78. The molecule has 0 aliphatic rings. The van der Waals surface area contributed by atoms with E-state index in [0.29, 0.717) is 12.2 Å². The van der Waals surface area contributed by atoms with Gasteiger partial charge < -0.3 is 19.5 Å². The first kappa shape index (κ1) is 24.3. The summed E-state index contributed by atoms with van der Waals surface area (Å²) in [5.74, 6) is 1.14. The van der Waals surface area contributed by atoms with Crippen molar-refractivity contribution in [2.75, 3.05) is 38.4 Å². The summed E-state index contributed by atoms with van der Waals surface area (Å²) in [7, 11) is 0.783. The molecule has 1 N–H and O–H groups in total. The Morgan fingerprint density at radius 3 is 2.23 bits per heavy atom. The van der Waals surface area contributed by atoms with Crippen molar-refractivity contribution in [1.82, 2.24) is 5.32 Å². The average molecular weight is 451 g/mol. The van der Waals surface area contributed by atoms with Crippen LogP contribution in [-0.4, -0.2) is 48.5 Å². The summed E-state index contributed by atoms with van der Waals surface area (Å²) in [4.78, 5) is 12.8. The highest BCUT2D eigenvalue weighted by atomic mass is 32.2. The van der Waals surface area contributed by atoms with Crippen LogP contribution in [0.4, 0.5) is 5.69 Å². The third-order valence-electron chi connectivity index (χ3n) is 4.91. The lowest BCUT2D eigenvalue weighted by Crippen LogP contribution is -2.41. The largest absolute Gasteiger partial charge is 0.497 e. The van der Waals surface area contributed by atoms with Crippen LogP contribution in [0.5, 0.6) is 17.2 Å². The Bertz CT molecular complexity index is 1020. The van der Waals surface area contributed by atoms with Gasteiger partial charge in [-0.3, -0.25) is 9.10 Å². The van der Waals surface area contributed by atoms with Gasteiger partial charge in [0.15, 0.2) is 0 Å². The third kappa shape index (κ3) is 6.04. The van der Waals surface area contributed by atoms with Crippen LogP contribution in [0.25, 0.3) is 0 Å². The summed E-state index contributed by atoms with van der Waals surface area (Å²) < 4.78 is 41.7. The van der Waals surface area contributed by atoms with Crippen LogP contribution in [0, 0.1) is 6.92 Å². The van der Waals surface area contributed by atoms with Gasteiger partial charge in [0.25, 0.3) is 0 Å². The molecule has 0 aromatic heterocycles. The minimum absolute atomic E-state index is 0.259. The summed E-state index contributed by atoms with van der Waals surface area (Å²) in [6.45, 7) is 3.50. The maximum absolute atomic E-state index is 12.8. The first-order valence-corrected chi connectivity index (χ1v) is 11.6. The molecule has 0 fully saturated rings. The Kier molecular flexibility index (Phi) is 8.15. The van der Waals surface area contributed by atoms with Gasteiger partial charge in [0, 0.05) is 6.07 Å². The highest BCUT2D eigenvalue weighted by molar-refractivity contribution is 7.92. The molecule has 0 bridgehead atoms. The van der Waals surface area contributed by atoms with E-state index in [1.54, 1.807) is 25.3 Å². The van der Waals surface area contributed by atoms with E-state index < -0.39 is 15.9 Å². The van der Waals surface area contributed by atoms with E-state index >= 15 is 0 Å². The molecule has 170 valence electrons. The number of hydrogen-bond donors (Lipinski definition) is 1. The number of nitrogens with one attached hydrogen (secondary N) is 1. The highest BCUT2D eigenvalue weighted by Gasteiger charge is 2.25. The average Bonchev–Trinajstić information content (AvgIpc) is 2.74. The van der Waals surface area contributed by atoms with Crippen LogP contribution in [0.3, 0.4) is 0 Å². The zero-order valence-corrected chi connectivity index (χ0v) is 19.6. The molecule has 9 heteroatoms. The number of amides is 1. The summed E-state index contributed by atoms with van der Waals surface area (Å²) >= 11 is 0. The van der Waals surface area contributed by atoms with Crippen LogP contribution in [0.2, 0.25) is 0 Å². The molecule has 31 heavy (non-hydrogen) atoms. The van der Waals surface area contributed by atoms with Gasteiger partial charge in [-0.15, -0.1) is 0 Å². The second-order valence-electron chi connectivity index (χ2n) is 7.06. The van der Waals surface area contributed by atoms with Gasteiger partial charge in [0.2, 0.25) is 15.9 Å². The Balaban J connectivity index is 2.28. The molecule has 1 amide bonds. The Morgan fingerprint density at radius 2 is 1.71 bits per heavy atom. The van der Waals surface area contributed by atoms with Crippen LogP contribution in [0.15, 0.2) is 36.4 Å². The lowest BCUT2D eigenvalue weighted by Gasteiger charge is -2.25. The second-order valence-corrected chi connectivity index (χ2v) is 8.97. The van der Waals surface area contributed by atoms with Gasteiger partial charge in [-0.25, -0.2) is 8.42 Å². The monoisotopic (exact) mass is 450 g/mol. The molecule has 0 saturated heterocycles. The lowest BCUT2D eigenvalue weighted by atomic mass is 10.0. The van der Waals surface area contributed by atoms with Crippen molar-refractivity contribution in [2.45, 2.75) is 26.3 Å². The molecule has 2 aromatic rings. The van der Waals surface area contributed by atoms with Gasteiger partial charge in [-0.05, 0) is 42.7 Å². The topological polar surface area (TPSA) is 94.2 Å². The van der Waals surface area contributed by atoms with E-state index in [-0.39, 0.29) is 24.0 Å². The number of carbonyl (C=O) groups is 1. The fraction of sp³-hybridized carbons (Fsp3) is 0.409. The van der Waals surface area contributed by atoms with Crippen molar-refractivity contribution in [2.24, 2.45) is 0 Å². The molecule has 0 unspecified atom stereocenters. The molecule has 0 spiro atoms. The van der Waals surface area contributed by atoms with Gasteiger partial charge in [0.05, 0.1) is 39.3 Å². The van der Waals surface area contributed by atoms with E-state index in [1.165, 1.54) is 14.2 Å². The minimum atomic E-state index is -3.75. The molecule has 0 saturated carbocycles. The lowest BCUT2D eigenvalue weighted by molar-refractivity contribution is -0.120. The zero-order valence-electron chi connectivity index (χ0n) is 18.8. The standard InChI is InChI=1S/C22H30N2O6S/c1-7-18(16-8-11-20(29-4)15(2)12-16)23-22(25)14-24(31(6,26)27)19-10-9-17(28-3)13-21(19)30-5/h8-13,18H,7,14H2,1-6H3,(H,23,25)/t18-/m0/s1. The van der Waals surface area contributed by atoms with Crippen molar-refractivity contribution in [3.8, 4) is 17.2 Å². The van der Waals surface area contributed by atoms with Crippen molar-refractivity contribution in [3.63, 3.8) is 0 Å². The normalized spacial score (nSPS) is 12.1. The van der Waals surface area contributed by atoms with Gasteiger partial charge >= 0.3 is 0 Å². The Hall–Kier alpha value is -2.94. The van der Waals surface area contributed by atoms with Crippen molar-refractivity contribution in [1.29, 1.82) is 0 Å². The van der Waals surface area contributed by atoms with E-state index in [9.17, 15) is 13.2 Å². The van der Waals surface area contributed by atoms with Gasteiger partial charge in [-0.2, -0.15) is 0 Å². The third-order valence-corrected chi connectivity index (χ3v) is 6.03. The van der Waals surface area contributed by atoms with Crippen LogP contribution >= 0.6 is 0 Å². The van der Waals surface area contributed by atoms with Crippen LogP contribution < -0.4 is 23.8 Å². The minimum Gasteiger partial charge on any atom is -0.497 e. The van der Waals surface area contributed by atoms with Gasteiger partial charge in [-0.1, -0.05) is 19.1 Å². The van der Waals surface area contributed by atoms with E-state index in [0.717, 1.165) is 27.4 Å². The maximum Gasteiger partial charge on any atom is 0.241 e. The quantitative estimate of drug-likeness (QED) is 0.598. The molecule has 8 nitrogen and oxygen atoms in total. The number of methoxy groups -OCH3 is 3. The highest BCUT2D eigenvalue weighted by Crippen LogP contribution is 2.33. The molecule has 0 aliphatic heterocycles. The molecule has 0 heterocycles. The number of nitrogens with zero attached hydrogens (tertiary/aromatic N) is 1. The number of benzene rings is 2. The molecule has 1 atom stereocenters. The summed E-state index contributed by atoms with van der Waals surface area (Å²) in [5.41, 5.74) is 2.13. The number of carbonyl (C=O) groups excluding carboxylic acids is 1. The predicted molar refractivity (Wildman–Crippen MR) is 121 cm³/mol. The molecule has 2 rings (SSSR count). The number of rotatable bonds is 10. The van der Waals surface area contributed by atoms with Crippen LogP contribution in [0.1, 0.15) is 30.5 Å².